The number of imidazole rings is 1. The summed E-state index contributed by atoms with van der Waals surface area (Å²) in [6, 6.07) is 10.2. The monoisotopic (exact) mass is 346 g/mol. The lowest BCUT2D eigenvalue weighted by molar-refractivity contribution is 0.0790. The van der Waals surface area contributed by atoms with E-state index in [2.05, 4.69) is 26.3 Å². The molecule has 6 heteroatoms. The number of hydrogen-bond acceptors (Lipinski definition) is 4. The first-order chi connectivity index (χ1) is 11.6. The van der Waals surface area contributed by atoms with E-state index in [9.17, 15) is 4.21 Å². The molecule has 0 amide bonds. The van der Waals surface area contributed by atoms with Crippen LogP contribution in [0.3, 0.4) is 0 Å². The third-order valence-corrected chi connectivity index (χ3v) is 6.07. The molecule has 1 aliphatic rings. The van der Waals surface area contributed by atoms with Gasteiger partial charge in [0, 0.05) is 62.3 Å². The highest BCUT2D eigenvalue weighted by molar-refractivity contribution is 7.85. The summed E-state index contributed by atoms with van der Waals surface area (Å²) in [6.07, 6.45) is 3.85. The third-order valence-electron chi connectivity index (χ3n) is 4.71. The van der Waals surface area contributed by atoms with Crippen LogP contribution in [0.1, 0.15) is 12.7 Å². The lowest BCUT2D eigenvalue weighted by Crippen LogP contribution is -2.52. The van der Waals surface area contributed by atoms with Crippen LogP contribution in [0.4, 0.5) is 0 Å². The van der Waals surface area contributed by atoms with Gasteiger partial charge in [-0.05, 0) is 19.1 Å². The molecule has 2 aromatic rings. The Morgan fingerprint density at radius 2 is 2.04 bits per heavy atom. The maximum atomic E-state index is 12.3. The van der Waals surface area contributed by atoms with Crippen LogP contribution in [0.25, 0.3) is 0 Å². The number of hydrogen-bond donors (Lipinski definition) is 0. The van der Waals surface area contributed by atoms with E-state index in [0.717, 1.165) is 43.4 Å². The van der Waals surface area contributed by atoms with Gasteiger partial charge >= 0.3 is 0 Å². The molecule has 1 aliphatic heterocycles. The normalized spacial score (nSPS) is 21.0. The molecule has 1 aromatic heterocycles. The van der Waals surface area contributed by atoms with Crippen molar-refractivity contribution >= 4 is 10.8 Å². The minimum Gasteiger partial charge on any atom is -0.337 e. The van der Waals surface area contributed by atoms with Crippen molar-refractivity contribution in [3.8, 4) is 0 Å². The number of benzene rings is 1. The minimum absolute atomic E-state index is 0.487. The number of aromatic nitrogens is 2. The number of rotatable bonds is 6. The highest BCUT2D eigenvalue weighted by Crippen LogP contribution is 2.13. The fraction of sp³-hybridized carbons (Fsp3) is 0.500. The zero-order valence-corrected chi connectivity index (χ0v) is 15.3. The van der Waals surface area contributed by atoms with Crippen molar-refractivity contribution in [2.45, 2.75) is 24.4 Å². The summed E-state index contributed by atoms with van der Waals surface area (Å²) in [5.74, 6) is 1.82. The fourth-order valence-corrected chi connectivity index (χ4v) is 4.26. The average molecular weight is 347 g/mol. The zero-order chi connectivity index (χ0) is 16.9. The molecule has 1 aromatic carbocycles. The highest BCUT2D eigenvalue weighted by Gasteiger charge is 2.24. The molecule has 5 nitrogen and oxygen atoms in total. The molecular formula is C18H26N4OS. The van der Waals surface area contributed by atoms with Crippen LogP contribution in [0.2, 0.25) is 0 Å². The first-order valence-corrected chi connectivity index (χ1v) is 9.81. The first-order valence-electron chi connectivity index (χ1n) is 8.49. The Bertz CT molecular complexity index is 673. The molecule has 2 atom stereocenters. The highest BCUT2D eigenvalue weighted by atomic mass is 32.2. The Morgan fingerprint density at radius 3 is 2.71 bits per heavy atom. The second-order valence-corrected chi connectivity index (χ2v) is 8.01. The van der Waals surface area contributed by atoms with Crippen molar-refractivity contribution < 1.29 is 4.21 Å². The summed E-state index contributed by atoms with van der Waals surface area (Å²) in [5, 5.41) is 0. The van der Waals surface area contributed by atoms with Crippen molar-refractivity contribution in [2.75, 3.05) is 31.9 Å². The molecule has 0 saturated carbocycles. The maximum Gasteiger partial charge on any atom is 0.122 e. The second kappa shape index (κ2) is 8.05. The first kappa shape index (κ1) is 17.3. The molecule has 1 fully saturated rings. The van der Waals surface area contributed by atoms with Crippen LogP contribution in [0.15, 0.2) is 47.6 Å². The molecule has 0 N–H and O–H groups in total. The van der Waals surface area contributed by atoms with Gasteiger partial charge in [-0.15, -0.1) is 0 Å². The number of piperazine rings is 1. The van der Waals surface area contributed by atoms with Gasteiger partial charge in [-0.25, -0.2) is 4.98 Å². The van der Waals surface area contributed by atoms with Gasteiger partial charge in [0.25, 0.3) is 0 Å². The van der Waals surface area contributed by atoms with E-state index in [1.54, 1.807) is 0 Å². The van der Waals surface area contributed by atoms with E-state index in [-0.39, 0.29) is 0 Å². The Hall–Kier alpha value is -1.50. The molecule has 24 heavy (non-hydrogen) atoms. The van der Waals surface area contributed by atoms with E-state index < -0.39 is 10.8 Å². The van der Waals surface area contributed by atoms with Gasteiger partial charge in [0.05, 0.1) is 17.3 Å². The number of nitrogens with zero attached hydrogens (tertiary/aromatic N) is 4. The summed E-state index contributed by atoms with van der Waals surface area (Å²) in [6.45, 7) is 7.14. The molecule has 1 saturated heterocycles. The smallest absolute Gasteiger partial charge is 0.122 e. The van der Waals surface area contributed by atoms with Crippen LogP contribution in [-0.2, 0) is 24.4 Å². The lowest BCUT2D eigenvalue weighted by atomic mass is 10.2. The van der Waals surface area contributed by atoms with Crippen molar-refractivity contribution in [1.82, 2.24) is 19.4 Å². The maximum absolute atomic E-state index is 12.3. The Labute approximate surface area is 146 Å². The van der Waals surface area contributed by atoms with E-state index in [0.29, 0.717) is 11.8 Å². The van der Waals surface area contributed by atoms with E-state index in [4.69, 9.17) is 0 Å². The van der Waals surface area contributed by atoms with Gasteiger partial charge in [-0.1, -0.05) is 18.2 Å². The summed E-state index contributed by atoms with van der Waals surface area (Å²) in [7, 11) is 1.14. The second-order valence-electron chi connectivity index (χ2n) is 6.44. The van der Waals surface area contributed by atoms with Crippen molar-refractivity contribution in [3.63, 3.8) is 0 Å². The summed E-state index contributed by atoms with van der Waals surface area (Å²) in [5.41, 5.74) is 0. The van der Waals surface area contributed by atoms with Crippen LogP contribution < -0.4 is 0 Å². The van der Waals surface area contributed by atoms with Gasteiger partial charge in [0.2, 0.25) is 0 Å². The predicted molar refractivity (Wildman–Crippen MR) is 97.2 cm³/mol. The van der Waals surface area contributed by atoms with Gasteiger partial charge in [-0.2, -0.15) is 0 Å². The molecular weight excluding hydrogens is 320 g/mol. The third kappa shape index (κ3) is 4.32. The van der Waals surface area contributed by atoms with Gasteiger partial charge in [0.15, 0.2) is 0 Å². The molecule has 0 bridgehead atoms. The summed E-state index contributed by atoms with van der Waals surface area (Å²) in [4.78, 5) is 10.3. The van der Waals surface area contributed by atoms with Gasteiger partial charge < -0.3 is 4.57 Å². The van der Waals surface area contributed by atoms with Crippen molar-refractivity contribution in [1.29, 1.82) is 0 Å². The van der Waals surface area contributed by atoms with Gasteiger partial charge in [-0.3, -0.25) is 14.0 Å². The van der Waals surface area contributed by atoms with Gasteiger partial charge in [0.1, 0.15) is 5.82 Å². The summed E-state index contributed by atoms with van der Waals surface area (Å²) < 4.78 is 14.4. The largest absolute Gasteiger partial charge is 0.337 e. The molecule has 2 heterocycles. The molecule has 0 aliphatic carbocycles. The standard InChI is InChI=1S/C18H26N4OS/c1-16-14-21(12-13-24(23)17-6-4-3-5-7-17)10-11-22(16)15-18-19-8-9-20(18)2/h3-9,16H,10-15H2,1-2H3/t16-,24-/m1/s1. The minimum atomic E-state index is -0.903. The van der Waals surface area contributed by atoms with Crippen LogP contribution in [-0.4, -0.2) is 61.5 Å². The van der Waals surface area contributed by atoms with E-state index in [1.807, 2.05) is 49.8 Å². The summed E-state index contributed by atoms with van der Waals surface area (Å²) >= 11 is 0. The zero-order valence-electron chi connectivity index (χ0n) is 14.5. The van der Waals surface area contributed by atoms with Crippen LogP contribution in [0, 0.1) is 0 Å². The molecule has 0 unspecified atom stereocenters. The Morgan fingerprint density at radius 1 is 1.25 bits per heavy atom. The van der Waals surface area contributed by atoms with E-state index >= 15 is 0 Å². The fourth-order valence-electron chi connectivity index (χ4n) is 3.14. The Kier molecular flexibility index (Phi) is 5.81. The van der Waals surface area contributed by atoms with Crippen LogP contribution in [0.5, 0.6) is 0 Å². The SMILES string of the molecule is C[C@@H]1CN(CC[S@@](=O)c2ccccc2)CCN1Cc1nccn1C. The van der Waals surface area contributed by atoms with E-state index in [1.165, 1.54) is 0 Å². The van der Waals surface area contributed by atoms with Crippen LogP contribution >= 0.6 is 0 Å². The topological polar surface area (TPSA) is 41.4 Å². The molecule has 0 radical (unpaired) electrons. The average Bonchev–Trinajstić information content (AvgIpc) is 3.00. The molecule has 0 spiro atoms. The predicted octanol–water partition coefficient (Wildman–Crippen LogP) is 1.73. The number of aryl methyl sites for hydroxylation is 1. The molecule has 3 rings (SSSR count). The molecule has 130 valence electrons. The Balaban J connectivity index is 1.47. The van der Waals surface area contributed by atoms with Crippen molar-refractivity contribution in [3.05, 3.63) is 48.5 Å². The quantitative estimate of drug-likeness (QED) is 0.799. The van der Waals surface area contributed by atoms with Crippen molar-refractivity contribution in [2.24, 2.45) is 7.05 Å². The lowest BCUT2D eigenvalue weighted by Gasteiger charge is -2.39.